The van der Waals surface area contributed by atoms with Crippen LogP contribution in [0.1, 0.15) is 12.0 Å². The molecule has 28 heavy (non-hydrogen) atoms. The van der Waals surface area contributed by atoms with E-state index in [2.05, 4.69) is 15.0 Å². The molecule has 3 heterocycles. The second-order valence-corrected chi connectivity index (χ2v) is 6.23. The predicted octanol–water partition coefficient (Wildman–Crippen LogP) is 3.16. The van der Waals surface area contributed by atoms with Gasteiger partial charge in [-0.15, -0.1) is 12.4 Å². The first-order valence-electron chi connectivity index (χ1n) is 8.52. The Morgan fingerprint density at radius 1 is 1.32 bits per heavy atom. The van der Waals surface area contributed by atoms with E-state index in [-0.39, 0.29) is 42.7 Å². The van der Waals surface area contributed by atoms with Crippen molar-refractivity contribution in [2.45, 2.75) is 12.5 Å². The van der Waals surface area contributed by atoms with Crippen LogP contribution in [0.5, 0.6) is 5.88 Å². The van der Waals surface area contributed by atoms with Crippen LogP contribution >= 0.6 is 12.4 Å². The van der Waals surface area contributed by atoms with E-state index < -0.39 is 23.8 Å². The molecule has 1 atom stereocenters. The number of rotatable bonds is 5. The van der Waals surface area contributed by atoms with Gasteiger partial charge in [-0.05, 0) is 35.8 Å². The number of benzene rings is 1. The summed E-state index contributed by atoms with van der Waals surface area (Å²) in [6.45, 7) is 1.40. The monoisotopic (exact) mass is 413 g/mol. The largest absolute Gasteiger partial charge is 0.471 e. The first-order chi connectivity index (χ1) is 13.1. The summed E-state index contributed by atoms with van der Waals surface area (Å²) >= 11 is 0. The van der Waals surface area contributed by atoms with E-state index in [9.17, 15) is 13.6 Å². The fraction of sp³-hybridized carbons (Fsp3) is 0.333. The summed E-state index contributed by atoms with van der Waals surface area (Å²) in [4.78, 5) is 13.3. The maximum Gasteiger partial charge on any atom is 0.414 e. The minimum Gasteiger partial charge on any atom is -0.471 e. The van der Waals surface area contributed by atoms with Gasteiger partial charge in [0.2, 0.25) is 0 Å². The minimum absolute atomic E-state index is 0. The van der Waals surface area contributed by atoms with Crippen LogP contribution in [0.3, 0.4) is 0 Å². The molecule has 1 N–H and O–H groups in total. The number of amides is 1. The minimum atomic E-state index is -0.701. The number of hydrogen-bond acceptors (Lipinski definition) is 6. The molecule has 2 aliphatic rings. The van der Waals surface area contributed by atoms with Crippen LogP contribution in [0.2, 0.25) is 0 Å². The summed E-state index contributed by atoms with van der Waals surface area (Å²) in [5, 5.41) is 6.69. The van der Waals surface area contributed by atoms with Gasteiger partial charge in [-0.25, -0.2) is 13.6 Å². The van der Waals surface area contributed by atoms with Gasteiger partial charge in [0.25, 0.3) is 5.88 Å². The Morgan fingerprint density at radius 3 is 2.75 bits per heavy atom. The number of nitrogens with one attached hydrogen (secondary N) is 1. The van der Waals surface area contributed by atoms with Gasteiger partial charge in [-0.3, -0.25) is 4.90 Å². The Hall–Kier alpha value is -2.65. The van der Waals surface area contributed by atoms with Crippen LogP contribution in [-0.4, -0.2) is 43.6 Å². The summed E-state index contributed by atoms with van der Waals surface area (Å²) in [6, 6.07) is 3.83. The first-order valence-corrected chi connectivity index (χ1v) is 8.52. The number of carbonyl (C=O) groups excluding carboxylic acids is 1. The highest BCUT2D eigenvalue weighted by atomic mass is 35.5. The van der Waals surface area contributed by atoms with Crippen LogP contribution < -0.4 is 15.0 Å². The molecular weight excluding hydrogens is 396 g/mol. The third kappa shape index (κ3) is 4.10. The summed E-state index contributed by atoms with van der Waals surface area (Å²) < 4.78 is 44.3. The molecule has 1 fully saturated rings. The van der Waals surface area contributed by atoms with Crippen LogP contribution in [0.25, 0.3) is 5.57 Å². The first kappa shape index (κ1) is 20.1. The Balaban J connectivity index is 0.00000225. The Kier molecular flexibility index (Phi) is 6.15. The zero-order valence-electron chi connectivity index (χ0n) is 14.7. The van der Waals surface area contributed by atoms with Crippen LogP contribution in [-0.2, 0) is 4.74 Å². The highest BCUT2D eigenvalue weighted by Crippen LogP contribution is 2.31. The topological polar surface area (TPSA) is 76.8 Å². The van der Waals surface area contributed by atoms with E-state index in [4.69, 9.17) is 9.47 Å². The van der Waals surface area contributed by atoms with Crippen LogP contribution in [0, 0.1) is 11.6 Å². The average Bonchev–Trinajstić information content (AvgIpc) is 3.29. The Morgan fingerprint density at radius 2 is 2.11 bits per heavy atom. The number of halogens is 3. The molecule has 1 saturated heterocycles. The third-order valence-corrected chi connectivity index (χ3v) is 4.43. The van der Waals surface area contributed by atoms with Crippen molar-refractivity contribution < 1.29 is 27.6 Å². The van der Waals surface area contributed by atoms with Gasteiger partial charge < -0.3 is 19.3 Å². The number of anilines is 1. The lowest BCUT2D eigenvalue weighted by molar-refractivity contribution is 0.102. The Bertz CT molecular complexity index is 853. The summed E-state index contributed by atoms with van der Waals surface area (Å²) in [5.41, 5.74) is 0.689. The number of carbonyl (C=O) groups is 1. The number of aromatic nitrogens is 1. The summed E-state index contributed by atoms with van der Waals surface area (Å²) in [5.74, 6) is -1.14. The average molecular weight is 414 g/mol. The highest BCUT2D eigenvalue weighted by Gasteiger charge is 2.34. The number of nitrogens with zero attached hydrogens (tertiary/aromatic N) is 2. The van der Waals surface area contributed by atoms with Crippen molar-refractivity contribution in [2.75, 3.05) is 31.1 Å². The predicted molar refractivity (Wildman–Crippen MR) is 98.7 cm³/mol. The van der Waals surface area contributed by atoms with Crippen molar-refractivity contribution >= 4 is 29.8 Å². The van der Waals surface area contributed by atoms with Crippen LogP contribution in [0.4, 0.5) is 19.3 Å². The third-order valence-electron chi connectivity index (χ3n) is 4.43. The summed E-state index contributed by atoms with van der Waals surface area (Å²) in [7, 11) is 0. The van der Waals surface area contributed by atoms with E-state index in [1.54, 1.807) is 6.08 Å². The standard InChI is InChI=1S/C18H17F2N3O4.ClH/c19-14-7-12(8-15(20)17(14)11-1-4-21-5-2-11)23-9-13(27-18(23)24)10-25-16-3-6-26-22-16;/h1,3,6-8,13,21H,2,4-5,9-10H2;1H/t13-;/m1./s1. The van der Waals surface area contributed by atoms with Gasteiger partial charge in [0.15, 0.2) is 6.10 Å². The highest BCUT2D eigenvalue weighted by molar-refractivity contribution is 5.90. The normalized spacial score (nSPS) is 19.1. The number of ether oxygens (including phenoxy) is 2. The second-order valence-electron chi connectivity index (χ2n) is 6.23. The molecule has 0 unspecified atom stereocenters. The second kappa shape index (κ2) is 8.57. The number of hydrogen-bond donors (Lipinski definition) is 1. The van der Waals surface area contributed by atoms with Gasteiger partial charge in [-0.2, -0.15) is 0 Å². The maximum absolute atomic E-state index is 14.6. The molecule has 0 radical (unpaired) electrons. The quantitative estimate of drug-likeness (QED) is 0.811. The van der Waals surface area contributed by atoms with E-state index in [1.807, 2.05) is 0 Å². The zero-order valence-corrected chi connectivity index (χ0v) is 15.5. The summed E-state index contributed by atoms with van der Waals surface area (Å²) in [6.07, 6.45) is 2.39. The van der Waals surface area contributed by atoms with E-state index >= 15 is 0 Å². The van der Waals surface area contributed by atoms with Crippen molar-refractivity contribution in [1.82, 2.24) is 10.5 Å². The molecule has 2 aromatic rings. The fourth-order valence-electron chi connectivity index (χ4n) is 3.15. The molecule has 7 nitrogen and oxygen atoms in total. The molecule has 0 spiro atoms. The lowest BCUT2D eigenvalue weighted by Gasteiger charge is -2.18. The Labute approximate surface area is 165 Å². The zero-order chi connectivity index (χ0) is 18.8. The van der Waals surface area contributed by atoms with Gasteiger partial charge in [0, 0.05) is 18.2 Å². The molecule has 1 amide bonds. The van der Waals surface area contributed by atoms with Crippen molar-refractivity contribution in [3.63, 3.8) is 0 Å². The van der Waals surface area contributed by atoms with Crippen molar-refractivity contribution in [3.8, 4) is 5.88 Å². The molecule has 0 bridgehead atoms. The van der Waals surface area contributed by atoms with Gasteiger partial charge in [0.1, 0.15) is 24.5 Å². The van der Waals surface area contributed by atoms with Crippen LogP contribution in [0.15, 0.2) is 35.1 Å². The van der Waals surface area contributed by atoms with E-state index in [0.717, 1.165) is 12.1 Å². The van der Waals surface area contributed by atoms with Gasteiger partial charge >= 0.3 is 6.09 Å². The van der Waals surface area contributed by atoms with Gasteiger partial charge in [0.05, 0.1) is 12.2 Å². The molecule has 4 rings (SSSR count). The van der Waals surface area contributed by atoms with Crippen molar-refractivity contribution in [1.29, 1.82) is 0 Å². The molecule has 150 valence electrons. The number of cyclic esters (lactones) is 1. The van der Waals surface area contributed by atoms with Gasteiger partial charge in [-0.1, -0.05) is 6.08 Å². The fourth-order valence-corrected chi connectivity index (χ4v) is 3.15. The molecule has 0 saturated carbocycles. The molecule has 1 aromatic heterocycles. The molecule has 2 aliphatic heterocycles. The molecule has 1 aromatic carbocycles. The lowest BCUT2D eigenvalue weighted by Crippen LogP contribution is -2.27. The maximum atomic E-state index is 14.6. The van der Waals surface area contributed by atoms with E-state index in [1.165, 1.54) is 17.2 Å². The van der Waals surface area contributed by atoms with Crippen molar-refractivity contribution in [3.05, 3.63) is 47.7 Å². The molecule has 0 aliphatic carbocycles. The SMILES string of the molecule is Cl.O=C1O[C@@H](COc2ccon2)CN1c1cc(F)c(C2=CCNCC2)c(F)c1. The lowest BCUT2D eigenvalue weighted by atomic mass is 9.98. The molecule has 10 heteroatoms. The van der Waals surface area contributed by atoms with E-state index in [0.29, 0.717) is 25.1 Å². The van der Waals surface area contributed by atoms with Crippen molar-refractivity contribution in [2.24, 2.45) is 0 Å². The smallest absolute Gasteiger partial charge is 0.414 e. The molecular formula is C18H18ClF2N3O4.